The maximum absolute atomic E-state index is 11.4. The second kappa shape index (κ2) is 9.48. The number of rotatable bonds is 8. The van der Waals surface area contributed by atoms with E-state index in [9.17, 15) is 5.21 Å². The summed E-state index contributed by atoms with van der Waals surface area (Å²) in [7, 11) is 5.31. The van der Waals surface area contributed by atoms with Gasteiger partial charge in [-0.2, -0.15) is 4.73 Å². The van der Waals surface area contributed by atoms with Crippen LogP contribution in [0.5, 0.6) is 11.5 Å². The molecule has 3 rings (SSSR count). The Labute approximate surface area is 178 Å². The molecule has 0 saturated heterocycles. The fourth-order valence-corrected chi connectivity index (χ4v) is 3.39. The molecule has 30 heavy (non-hydrogen) atoms. The highest BCUT2D eigenvalue weighted by Crippen LogP contribution is 2.35. The number of ether oxygens (including phenoxy) is 2. The first-order chi connectivity index (χ1) is 14.4. The lowest BCUT2D eigenvalue weighted by molar-refractivity contribution is -0.605. The Balaban J connectivity index is 2.00. The highest BCUT2D eigenvalue weighted by atomic mass is 16.5. The summed E-state index contributed by atoms with van der Waals surface area (Å²) in [6.45, 7) is 4.28. The van der Waals surface area contributed by atoms with Crippen LogP contribution in [-0.4, -0.2) is 32.3 Å². The minimum absolute atomic E-state index is 0.0539. The third kappa shape index (κ3) is 4.82. The van der Waals surface area contributed by atoms with Gasteiger partial charge in [-0.15, -0.1) is 0 Å². The average molecular weight is 408 g/mol. The van der Waals surface area contributed by atoms with Gasteiger partial charge in [0.25, 0.3) is 0 Å². The Morgan fingerprint density at radius 1 is 0.967 bits per heavy atom. The molecule has 0 bridgehead atoms. The van der Waals surface area contributed by atoms with E-state index in [1.165, 1.54) is 12.4 Å². The number of nitrogens with zero attached hydrogens (tertiary/aromatic N) is 3. The molecule has 0 N–H and O–H groups in total. The van der Waals surface area contributed by atoms with Crippen molar-refractivity contribution in [3.8, 4) is 11.5 Å². The lowest BCUT2D eigenvalue weighted by atomic mass is 9.86. The van der Waals surface area contributed by atoms with Gasteiger partial charge in [0.1, 0.15) is 5.82 Å². The van der Waals surface area contributed by atoms with Crippen LogP contribution >= 0.6 is 0 Å². The molecule has 158 valence electrons. The molecule has 0 saturated carbocycles. The van der Waals surface area contributed by atoms with Gasteiger partial charge in [-0.05, 0) is 55.2 Å². The Kier molecular flexibility index (Phi) is 6.77. The quantitative estimate of drug-likeness (QED) is 0.418. The van der Waals surface area contributed by atoms with Crippen molar-refractivity contribution in [3.05, 3.63) is 83.0 Å². The molecule has 0 aliphatic heterocycles. The van der Waals surface area contributed by atoms with E-state index in [0.29, 0.717) is 17.5 Å². The minimum atomic E-state index is 0.0539. The van der Waals surface area contributed by atoms with Crippen molar-refractivity contribution in [1.82, 2.24) is 4.98 Å². The molecule has 0 fully saturated rings. The monoisotopic (exact) mass is 407 g/mol. The first-order valence-electron chi connectivity index (χ1n) is 10.0. The standard InChI is InChI=1S/C24H29N3O3/c1-17(2)26(3)24-9-7-20(16-25-24)21(14-18-10-12-27(28)13-11-18)19-6-8-22(29-4)23(15-19)30-5/h6-13,15-17,21H,14H2,1-5H3. The Bertz CT molecular complexity index is 956. The maximum Gasteiger partial charge on any atom is 0.180 e. The average Bonchev–Trinajstić information content (AvgIpc) is 2.77. The number of aromatic nitrogens is 2. The van der Waals surface area contributed by atoms with Gasteiger partial charge in [-0.25, -0.2) is 4.98 Å². The van der Waals surface area contributed by atoms with Crippen LogP contribution in [0.1, 0.15) is 36.5 Å². The summed E-state index contributed by atoms with van der Waals surface area (Å²) < 4.78 is 11.7. The molecule has 0 amide bonds. The first kappa shape index (κ1) is 21.4. The number of benzene rings is 1. The molecular weight excluding hydrogens is 378 g/mol. The summed E-state index contributed by atoms with van der Waals surface area (Å²) in [6.07, 6.45) is 5.73. The van der Waals surface area contributed by atoms with Gasteiger partial charge < -0.3 is 19.6 Å². The van der Waals surface area contributed by atoms with Gasteiger partial charge in [0.05, 0.1) is 14.2 Å². The van der Waals surface area contributed by atoms with Crippen LogP contribution < -0.4 is 19.1 Å². The third-order valence-electron chi connectivity index (χ3n) is 5.43. The van der Waals surface area contributed by atoms with E-state index in [0.717, 1.165) is 33.7 Å². The summed E-state index contributed by atoms with van der Waals surface area (Å²) in [5.74, 6) is 2.37. The lowest BCUT2D eigenvalue weighted by Crippen LogP contribution is -2.26. The molecule has 3 aromatic rings. The normalized spacial score (nSPS) is 11.9. The topological polar surface area (TPSA) is 61.5 Å². The molecule has 1 atom stereocenters. The molecule has 2 heterocycles. The van der Waals surface area contributed by atoms with Crippen LogP contribution in [-0.2, 0) is 6.42 Å². The van der Waals surface area contributed by atoms with Crippen molar-refractivity contribution in [2.75, 3.05) is 26.2 Å². The molecule has 2 aromatic heterocycles. The Morgan fingerprint density at radius 3 is 2.20 bits per heavy atom. The van der Waals surface area contributed by atoms with Gasteiger partial charge in [0, 0.05) is 37.3 Å². The van der Waals surface area contributed by atoms with Crippen LogP contribution in [0, 0.1) is 5.21 Å². The zero-order valence-corrected chi connectivity index (χ0v) is 18.2. The van der Waals surface area contributed by atoms with E-state index in [2.05, 4.69) is 36.9 Å². The predicted molar refractivity (Wildman–Crippen MR) is 118 cm³/mol. The van der Waals surface area contributed by atoms with Crippen LogP contribution in [0.4, 0.5) is 5.82 Å². The van der Waals surface area contributed by atoms with E-state index < -0.39 is 0 Å². The first-order valence-corrected chi connectivity index (χ1v) is 10.0. The largest absolute Gasteiger partial charge is 0.619 e. The van der Waals surface area contributed by atoms with Crippen molar-refractivity contribution in [2.45, 2.75) is 32.2 Å². The Morgan fingerprint density at radius 2 is 1.63 bits per heavy atom. The zero-order chi connectivity index (χ0) is 21.7. The van der Waals surface area contributed by atoms with Crippen molar-refractivity contribution < 1.29 is 14.2 Å². The lowest BCUT2D eigenvalue weighted by Gasteiger charge is -2.24. The predicted octanol–water partition coefficient (Wildman–Crippen LogP) is 3.95. The van der Waals surface area contributed by atoms with Crippen LogP contribution in [0.15, 0.2) is 61.1 Å². The highest BCUT2D eigenvalue weighted by Gasteiger charge is 2.19. The summed E-state index contributed by atoms with van der Waals surface area (Å²) in [5, 5.41) is 11.4. The van der Waals surface area contributed by atoms with E-state index >= 15 is 0 Å². The second-order valence-corrected chi connectivity index (χ2v) is 7.59. The van der Waals surface area contributed by atoms with E-state index in [4.69, 9.17) is 14.5 Å². The number of hydrogen-bond acceptors (Lipinski definition) is 5. The number of pyridine rings is 2. The maximum atomic E-state index is 11.4. The zero-order valence-electron chi connectivity index (χ0n) is 18.2. The van der Waals surface area contributed by atoms with Crippen molar-refractivity contribution in [2.24, 2.45) is 0 Å². The molecule has 6 nitrogen and oxygen atoms in total. The summed E-state index contributed by atoms with van der Waals surface area (Å²) in [5.41, 5.74) is 3.27. The second-order valence-electron chi connectivity index (χ2n) is 7.59. The van der Waals surface area contributed by atoms with E-state index in [1.807, 2.05) is 37.5 Å². The Hall–Kier alpha value is -3.28. The van der Waals surface area contributed by atoms with Crippen molar-refractivity contribution >= 4 is 5.82 Å². The summed E-state index contributed by atoms with van der Waals surface area (Å²) in [6, 6.07) is 14.2. The molecule has 0 radical (unpaired) electrons. The molecule has 6 heteroatoms. The fraction of sp³-hybridized carbons (Fsp3) is 0.333. The number of hydrogen-bond donors (Lipinski definition) is 0. The SMILES string of the molecule is COc1ccc(C(Cc2cc[n+]([O-])cc2)c2ccc(N(C)C(C)C)nc2)cc1OC. The minimum Gasteiger partial charge on any atom is -0.619 e. The highest BCUT2D eigenvalue weighted by molar-refractivity contribution is 5.47. The molecule has 1 aromatic carbocycles. The van der Waals surface area contributed by atoms with Gasteiger partial charge in [0.2, 0.25) is 0 Å². The van der Waals surface area contributed by atoms with Gasteiger partial charge in [-0.3, -0.25) is 0 Å². The van der Waals surface area contributed by atoms with Crippen molar-refractivity contribution in [1.29, 1.82) is 0 Å². The van der Waals surface area contributed by atoms with E-state index in [-0.39, 0.29) is 5.92 Å². The molecule has 1 unspecified atom stereocenters. The van der Waals surface area contributed by atoms with E-state index in [1.54, 1.807) is 14.2 Å². The number of methoxy groups -OCH3 is 2. The smallest absolute Gasteiger partial charge is 0.180 e. The molecule has 0 spiro atoms. The number of anilines is 1. The molecular formula is C24H29N3O3. The van der Waals surface area contributed by atoms with Crippen LogP contribution in [0.2, 0.25) is 0 Å². The summed E-state index contributed by atoms with van der Waals surface area (Å²) in [4.78, 5) is 6.83. The van der Waals surface area contributed by atoms with Gasteiger partial charge in [-0.1, -0.05) is 12.1 Å². The van der Waals surface area contributed by atoms with Gasteiger partial charge >= 0.3 is 0 Å². The fourth-order valence-electron chi connectivity index (χ4n) is 3.39. The molecule has 0 aliphatic rings. The third-order valence-corrected chi connectivity index (χ3v) is 5.43. The van der Waals surface area contributed by atoms with Crippen molar-refractivity contribution in [3.63, 3.8) is 0 Å². The van der Waals surface area contributed by atoms with Crippen LogP contribution in [0.3, 0.4) is 0 Å². The molecule has 0 aliphatic carbocycles. The van der Waals surface area contributed by atoms with Gasteiger partial charge in [0.15, 0.2) is 23.9 Å². The summed E-state index contributed by atoms with van der Waals surface area (Å²) >= 11 is 0. The van der Waals surface area contributed by atoms with Crippen LogP contribution in [0.25, 0.3) is 0 Å².